The van der Waals surface area contributed by atoms with Gasteiger partial charge in [0.1, 0.15) is 5.82 Å². The summed E-state index contributed by atoms with van der Waals surface area (Å²) in [7, 11) is 0. The van der Waals surface area contributed by atoms with Crippen LogP contribution in [-0.2, 0) is 0 Å². The standard InChI is InChI=1S/C15H22N2/c1-5-6-8-15(4)9-7-13-11(2)10-12(3)16-14(13)17-15/h7,9-10H,5-6,8H2,1-4H3,(H,16,17). The number of hydrogen-bond acceptors (Lipinski definition) is 2. The molecule has 2 heterocycles. The van der Waals surface area contributed by atoms with Crippen LogP contribution < -0.4 is 5.32 Å². The number of unbranched alkanes of at least 4 members (excludes halogenated alkanes) is 1. The minimum Gasteiger partial charge on any atom is -0.361 e. The van der Waals surface area contributed by atoms with E-state index in [2.05, 4.69) is 56.2 Å². The van der Waals surface area contributed by atoms with E-state index in [1.54, 1.807) is 0 Å². The molecule has 0 saturated carbocycles. The largest absolute Gasteiger partial charge is 0.361 e. The second-order valence-corrected chi connectivity index (χ2v) is 5.32. The van der Waals surface area contributed by atoms with Crippen LogP contribution in [0.4, 0.5) is 5.82 Å². The maximum absolute atomic E-state index is 4.62. The Hall–Kier alpha value is -1.31. The Balaban J connectivity index is 2.30. The maximum atomic E-state index is 4.62. The zero-order valence-electron chi connectivity index (χ0n) is 11.3. The van der Waals surface area contributed by atoms with Gasteiger partial charge in [-0.1, -0.05) is 31.9 Å². The van der Waals surface area contributed by atoms with E-state index < -0.39 is 0 Å². The van der Waals surface area contributed by atoms with Gasteiger partial charge in [-0.25, -0.2) is 4.98 Å². The first-order valence-corrected chi connectivity index (χ1v) is 6.50. The zero-order chi connectivity index (χ0) is 12.5. The third kappa shape index (κ3) is 2.51. The molecule has 1 unspecified atom stereocenters. The Kier molecular flexibility index (Phi) is 3.23. The van der Waals surface area contributed by atoms with Crippen molar-refractivity contribution in [3.05, 3.63) is 29.0 Å². The summed E-state index contributed by atoms with van der Waals surface area (Å²) in [5.41, 5.74) is 3.69. The van der Waals surface area contributed by atoms with Gasteiger partial charge in [-0.05, 0) is 38.8 Å². The summed E-state index contributed by atoms with van der Waals surface area (Å²) in [6.45, 7) is 8.68. The van der Waals surface area contributed by atoms with Gasteiger partial charge in [-0.15, -0.1) is 0 Å². The number of aromatic nitrogens is 1. The van der Waals surface area contributed by atoms with Crippen LogP contribution in [0, 0.1) is 13.8 Å². The molecule has 1 aliphatic rings. The Morgan fingerprint density at radius 3 is 2.82 bits per heavy atom. The average Bonchev–Trinajstić information content (AvgIpc) is 2.25. The number of nitrogens with one attached hydrogen (secondary N) is 1. The predicted octanol–water partition coefficient (Wildman–Crippen LogP) is 4.09. The molecule has 0 aromatic carbocycles. The smallest absolute Gasteiger partial charge is 0.134 e. The molecule has 92 valence electrons. The molecule has 1 N–H and O–H groups in total. The van der Waals surface area contributed by atoms with Crippen molar-refractivity contribution < 1.29 is 0 Å². The summed E-state index contributed by atoms with van der Waals surface area (Å²) in [4.78, 5) is 4.62. The maximum Gasteiger partial charge on any atom is 0.134 e. The highest BCUT2D eigenvalue weighted by atomic mass is 15.1. The number of aryl methyl sites for hydroxylation is 2. The molecule has 2 nitrogen and oxygen atoms in total. The molecule has 0 fully saturated rings. The van der Waals surface area contributed by atoms with Gasteiger partial charge in [0.25, 0.3) is 0 Å². The summed E-state index contributed by atoms with van der Waals surface area (Å²) in [5.74, 6) is 1.05. The van der Waals surface area contributed by atoms with E-state index in [0.29, 0.717) is 0 Å². The SMILES string of the molecule is CCCCC1(C)C=Cc2c(C)cc(C)nc2N1. The molecule has 0 amide bonds. The fourth-order valence-corrected chi connectivity index (χ4v) is 2.42. The monoisotopic (exact) mass is 230 g/mol. The van der Waals surface area contributed by atoms with E-state index in [1.165, 1.54) is 24.0 Å². The lowest BCUT2D eigenvalue weighted by Gasteiger charge is -2.32. The minimum atomic E-state index is 0.0657. The highest BCUT2D eigenvalue weighted by molar-refractivity contribution is 5.71. The molecule has 2 heteroatoms. The van der Waals surface area contributed by atoms with Crippen molar-refractivity contribution in [1.82, 2.24) is 4.98 Å². The Labute approximate surface area is 104 Å². The quantitative estimate of drug-likeness (QED) is 0.846. The summed E-state index contributed by atoms with van der Waals surface area (Å²) >= 11 is 0. The van der Waals surface area contributed by atoms with E-state index in [4.69, 9.17) is 0 Å². The number of pyridine rings is 1. The van der Waals surface area contributed by atoms with Crippen LogP contribution in [-0.4, -0.2) is 10.5 Å². The summed E-state index contributed by atoms with van der Waals surface area (Å²) in [6.07, 6.45) is 8.15. The van der Waals surface area contributed by atoms with Gasteiger partial charge >= 0.3 is 0 Å². The summed E-state index contributed by atoms with van der Waals surface area (Å²) in [5, 5.41) is 3.59. The molecular formula is C15H22N2. The van der Waals surface area contributed by atoms with Crippen LogP contribution >= 0.6 is 0 Å². The van der Waals surface area contributed by atoms with E-state index in [9.17, 15) is 0 Å². The first-order valence-electron chi connectivity index (χ1n) is 6.50. The molecule has 0 aliphatic carbocycles. The van der Waals surface area contributed by atoms with Crippen molar-refractivity contribution in [2.75, 3.05) is 5.32 Å². The minimum absolute atomic E-state index is 0.0657. The number of fused-ring (bicyclic) bond motifs is 1. The van der Waals surface area contributed by atoms with Crippen molar-refractivity contribution >= 4 is 11.9 Å². The molecule has 1 aromatic heterocycles. The Bertz CT molecular complexity index is 448. The zero-order valence-corrected chi connectivity index (χ0v) is 11.3. The van der Waals surface area contributed by atoms with Crippen LogP contribution in [0.1, 0.15) is 49.9 Å². The topological polar surface area (TPSA) is 24.9 Å². The second-order valence-electron chi connectivity index (χ2n) is 5.32. The molecule has 1 aliphatic heterocycles. The van der Waals surface area contributed by atoms with Crippen molar-refractivity contribution in [2.45, 2.75) is 52.5 Å². The fourth-order valence-electron chi connectivity index (χ4n) is 2.42. The molecular weight excluding hydrogens is 208 g/mol. The third-order valence-corrected chi connectivity index (χ3v) is 3.46. The van der Waals surface area contributed by atoms with E-state index in [-0.39, 0.29) is 5.54 Å². The van der Waals surface area contributed by atoms with Crippen molar-refractivity contribution in [3.63, 3.8) is 0 Å². The van der Waals surface area contributed by atoms with Gasteiger partial charge in [-0.2, -0.15) is 0 Å². The summed E-state index contributed by atoms with van der Waals surface area (Å²) in [6, 6.07) is 2.14. The molecule has 0 spiro atoms. The number of anilines is 1. The highest BCUT2D eigenvalue weighted by Crippen LogP contribution is 2.31. The number of rotatable bonds is 3. The van der Waals surface area contributed by atoms with Crippen LogP contribution in [0.3, 0.4) is 0 Å². The normalized spacial score (nSPS) is 22.1. The number of hydrogen-bond donors (Lipinski definition) is 1. The lowest BCUT2D eigenvalue weighted by atomic mass is 9.90. The molecule has 1 atom stereocenters. The van der Waals surface area contributed by atoms with Crippen LogP contribution in [0.25, 0.3) is 6.08 Å². The fraction of sp³-hybridized carbons (Fsp3) is 0.533. The van der Waals surface area contributed by atoms with Crippen molar-refractivity contribution in [2.24, 2.45) is 0 Å². The van der Waals surface area contributed by atoms with E-state index in [0.717, 1.165) is 17.9 Å². The van der Waals surface area contributed by atoms with Crippen molar-refractivity contribution in [1.29, 1.82) is 0 Å². The van der Waals surface area contributed by atoms with E-state index in [1.807, 2.05) is 0 Å². The third-order valence-electron chi connectivity index (χ3n) is 3.46. The first kappa shape index (κ1) is 12.2. The molecule has 1 aromatic rings. The van der Waals surface area contributed by atoms with Gasteiger partial charge in [0.05, 0.1) is 5.54 Å². The average molecular weight is 230 g/mol. The lowest BCUT2D eigenvalue weighted by molar-refractivity contribution is 0.539. The van der Waals surface area contributed by atoms with E-state index >= 15 is 0 Å². The van der Waals surface area contributed by atoms with Gasteiger partial charge in [0.15, 0.2) is 0 Å². The summed E-state index contributed by atoms with van der Waals surface area (Å²) < 4.78 is 0. The van der Waals surface area contributed by atoms with Gasteiger partial charge in [0, 0.05) is 11.3 Å². The van der Waals surface area contributed by atoms with Crippen LogP contribution in [0.15, 0.2) is 12.1 Å². The van der Waals surface area contributed by atoms with Gasteiger partial charge in [0.2, 0.25) is 0 Å². The van der Waals surface area contributed by atoms with Gasteiger partial charge < -0.3 is 5.32 Å². The lowest BCUT2D eigenvalue weighted by Crippen LogP contribution is -2.35. The Morgan fingerprint density at radius 2 is 2.12 bits per heavy atom. The molecule has 0 radical (unpaired) electrons. The van der Waals surface area contributed by atoms with Crippen LogP contribution in [0.5, 0.6) is 0 Å². The number of nitrogens with zero attached hydrogens (tertiary/aromatic N) is 1. The van der Waals surface area contributed by atoms with Crippen molar-refractivity contribution in [3.8, 4) is 0 Å². The predicted molar refractivity (Wildman–Crippen MR) is 74.3 cm³/mol. The second kappa shape index (κ2) is 4.52. The molecule has 0 bridgehead atoms. The first-order chi connectivity index (χ1) is 8.04. The highest BCUT2D eigenvalue weighted by Gasteiger charge is 2.25. The molecule has 0 saturated heterocycles. The molecule has 17 heavy (non-hydrogen) atoms. The Morgan fingerprint density at radius 1 is 1.35 bits per heavy atom. The van der Waals surface area contributed by atoms with Crippen LogP contribution in [0.2, 0.25) is 0 Å². The molecule has 2 rings (SSSR count). The van der Waals surface area contributed by atoms with Gasteiger partial charge in [-0.3, -0.25) is 0 Å².